The smallest absolute Gasteiger partial charge is 0.127 e. The first-order valence-electron chi connectivity index (χ1n) is 5.50. The van der Waals surface area contributed by atoms with Gasteiger partial charge in [-0.3, -0.25) is 0 Å². The minimum absolute atomic E-state index is 0.711. The number of benzene rings is 1. The molecule has 0 bridgehead atoms. The first kappa shape index (κ1) is 12.0. The van der Waals surface area contributed by atoms with E-state index in [1.807, 2.05) is 24.3 Å². The fraction of sp³-hybridized carbons (Fsp3) is 0.231. The van der Waals surface area contributed by atoms with Gasteiger partial charge in [0.25, 0.3) is 0 Å². The molecule has 1 aromatic heterocycles. The Hall–Kier alpha value is -1.42. The maximum Gasteiger partial charge on any atom is 0.127 e. The van der Waals surface area contributed by atoms with Crippen LogP contribution in [0.1, 0.15) is 13.3 Å². The minimum atomic E-state index is 0.711. The number of ether oxygens (including phenoxy) is 1. The van der Waals surface area contributed by atoms with E-state index in [2.05, 4.69) is 32.8 Å². The highest BCUT2D eigenvalue weighted by atomic mass is 79.9. The van der Waals surface area contributed by atoms with Crippen LogP contribution in [0.5, 0.6) is 5.75 Å². The summed E-state index contributed by atoms with van der Waals surface area (Å²) in [6, 6.07) is 7.92. The van der Waals surface area contributed by atoms with Crippen LogP contribution < -0.4 is 4.74 Å². The summed E-state index contributed by atoms with van der Waals surface area (Å²) in [5.41, 5.74) is 1.95. The highest BCUT2D eigenvalue weighted by Gasteiger charge is 2.09. The maximum absolute atomic E-state index is 5.72. The molecule has 0 atom stereocenters. The van der Waals surface area contributed by atoms with E-state index in [0.29, 0.717) is 6.61 Å². The van der Waals surface area contributed by atoms with Crippen molar-refractivity contribution in [3.05, 3.63) is 41.4 Å². The van der Waals surface area contributed by atoms with Gasteiger partial charge in [0.2, 0.25) is 0 Å². The Labute approximate surface area is 109 Å². The molecule has 0 N–H and O–H groups in total. The molecule has 0 fully saturated rings. The molecule has 0 amide bonds. The summed E-state index contributed by atoms with van der Waals surface area (Å²) in [5, 5.41) is 0. The quantitative estimate of drug-likeness (QED) is 0.806. The van der Waals surface area contributed by atoms with Gasteiger partial charge in [-0.05, 0) is 28.4 Å². The van der Waals surface area contributed by atoms with E-state index < -0.39 is 0 Å². The van der Waals surface area contributed by atoms with Gasteiger partial charge in [-0.15, -0.1) is 0 Å². The highest BCUT2D eigenvalue weighted by molar-refractivity contribution is 9.10. The van der Waals surface area contributed by atoms with E-state index in [1.165, 1.54) is 6.33 Å². The third-order valence-electron chi connectivity index (χ3n) is 2.30. The van der Waals surface area contributed by atoms with Crippen LogP contribution in [-0.2, 0) is 0 Å². The Morgan fingerprint density at radius 1 is 1.24 bits per heavy atom. The van der Waals surface area contributed by atoms with Crippen LogP contribution in [0.2, 0.25) is 0 Å². The molecule has 0 radical (unpaired) electrons. The molecule has 0 aliphatic rings. The molecule has 88 valence electrons. The zero-order valence-corrected chi connectivity index (χ0v) is 11.1. The van der Waals surface area contributed by atoms with Gasteiger partial charge < -0.3 is 4.74 Å². The average molecular weight is 293 g/mol. The summed E-state index contributed by atoms with van der Waals surface area (Å²) >= 11 is 3.43. The Bertz CT molecular complexity index is 502. The molecular formula is C13H13BrN2O. The van der Waals surface area contributed by atoms with Crippen LogP contribution in [-0.4, -0.2) is 16.6 Å². The summed E-state index contributed by atoms with van der Waals surface area (Å²) in [6.07, 6.45) is 4.29. The van der Waals surface area contributed by atoms with Gasteiger partial charge in [-0.1, -0.05) is 25.1 Å². The van der Waals surface area contributed by atoms with Crippen LogP contribution in [0.25, 0.3) is 11.1 Å². The molecular weight excluding hydrogens is 280 g/mol. The Morgan fingerprint density at radius 3 is 2.82 bits per heavy atom. The molecule has 17 heavy (non-hydrogen) atoms. The molecule has 0 aliphatic carbocycles. The van der Waals surface area contributed by atoms with E-state index in [0.717, 1.165) is 27.9 Å². The van der Waals surface area contributed by atoms with Gasteiger partial charge in [0.15, 0.2) is 0 Å². The molecule has 0 aliphatic heterocycles. The van der Waals surface area contributed by atoms with Gasteiger partial charge in [-0.2, -0.15) is 0 Å². The van der Waals surface area contributed by atoms with Crippen molar-refractivity contribution in [3.63, 3.8) is 0 Å². The van der Waals surface area contributed by atoms with Crippen LogP contribution in [0.3, 0.4) is 0 Å². The van der Waals surface area contributed by atoms with E-state index >= 15 is 0 Å². The Kier molecular flexibility index (Phi) is 4.09. The second kappa shape index (κ2) is 5.77. The van der Waals surface area contributed by atoms with Crippen molar-refractivity contribution in [1.29, 1.82) is 0 Å². The average Bonchev–Trinajstić information content (AvgIpc) is 2.37. The van der Waals surface area contributed by atoms with Crippen molar-refractivity contribution >= 4 is 15.9 Å². The maximum atomic E-state index is 5.72. The topological polar surface area (TPSA) is 35.0 Å². The zero-order valence-electron chi connectivity index (χ0n) is 9.56. The largest absolute Gasteiger partial charge is 0.493 e. The summed E-state index contributed by atoms with van der Waals surface area (Å²) in [6.45, 7) is 2.80. The fourth-order valence-electron chi connectivity index (χ4n) is 1.52. The van der Waals surface area contributed by atoms with Crippen molar-refractivity contribution in [2.45, 2.75) is 13.3 Å². The predicted octanol–water partition coefficient (Wildman–Crippen LogP) is 3.69. The number of nitrogens with zero attached hydrogens (tertiary/aromatic N) is 2. The van der Waals surface area contributed by atoms with Gasteiger partial charge >= 0.3 is 0 Å². The molecule has 0 spiro atoms. The fourth-order valence-corrected chi connectivity index (χ4v) is 1.93. The lowest BCUT2D eigenvalue weighted by Gasteiger charge is -2.11. The standard InChI is InChI=1S/C13H13BrN2O/c1-2-7-17-12-6-4-3-5-10(12)11-8-15-9-16-13(11)14/h3-6,8-9H,2,7H2,1H3. The monoisotopic (exact) mass is 292 g/mol. The van der Waals surface area contributed by atoms with E-state index in [-0.39, 0.29) is 0 Å². The molecule has 0 saturated heterocycles. The summed E-state index contributed by atoms with van der Waals surface area (Å²) in [7, 11) is 0. The number of rotatable bonds is 4. The third-order valence-corrected chi connectivity index (χ3v) is 2.93. The zero-order chi connectivity index (χ0) is 12.1. The Morgan fingerprint density at radius 2 is 2.06 bits per heavy atom. The molecule has 0 saturated carbocycles. The summed E-state index contributed by atoms with van der Waals surface area (Å²) < 4.78 is 6.50. The van der Waals surface area contributed by atoms with E-state index in [4.69, 9.17) is 4.74 Å². The van der Waals surface area contributed by atoms with Gasteiger partial charge in [0.1, 0.15) is 16.7 Å². The number of halogens is 1. The van der Waals surface area contributed by atoms with E-state index in [9.17, 15) is 0 Å². The lowest BCUT2D eigenvalue weighted by atomic mass is 10.1. The SMILES string of the molecule is CCCOc1ccccc1-c1cncnc1Br. The summed E-state index contributed by atoms with van der Waals surface area (Å²) in [5.74, 6) is 0.866. The predicted molar refractivity (Wildman–Crippen MR) is 71.0 cm³/mol. The van der Waals surface area contributed by atoms with Gasteiger partial charge in [0, 0.05) is 17.3 Å². The third kappa shape index (κ3) is 2.82. The molecule has 2 aromatic rings. The molecule has 1 aromatic carbocycles. The lowest BCUT2D eigenvalue weighted by Crippen LogP contribution is -1.97. The summed E-state index contributed by atoms with van der Waals surface area (Å²) in [4.78, 5) is 8.17. The molecule has 1 heterocycles. The van der Waals surface area contributed by atoms with Crippen LogP contribution in [0.4, 0.5) is 0 Å². The second-order valence-corrected chi connectivity index (χ2v) is 4.32. The van der Waals surface area contributed by atoms with Crippen molar-refractivity contribution in [3.8, 4) is 16.9 Å². The number of para-hydroxylation sites is 1. The Balaban J connectivity index is 2.41. The molecule has 3 nitrogen and oxygen atoms in total. The lowest BCUT2D eigenvalue weighted by molar-refractivity contribution is 0.318. The number of aromatic nitrogens is 2. The van der Waals surface area contributed by atoms with Crippen LogP contribution in [0.15, 0.2) is 41.4 Å². The van der Waals surface area contributed by atoms with E-state index in [1.54, 1.807) is 6.20 Å². The van der Waals surface area contributed by atoms with Crippen molar-refractivity contribution in [1.82, 2.24) is 9.97 Å². The van der Waals surface area contributed by atoms with Crippen molar-refractivity contribution in [2.75, 3.05) is 6.61 Å². The molecule has 0 unspecified atom stereocenters. The first-order valence-corrected chi connectivity index (χ1v) is 6.30. The van der Waals surface area contributed by atoms with Crippen molar-refractivity contribution in [2.24, 2.45) is 0 Å². The van der Waals surface area contributed by atoms with Crippen molar-refractivity contribution < 1.29 is 4.74 Å². The van der Waals surface area contributed by atoms with Crippen LogP contribution >= 0.6 is 15.9 Å². The highest BCUT2D eigenvalue weighted by Crippen LogP contribution is 2.33. The number of hydrogen-bond donors (Lipinski definition) is 0. The van der Waals surface area contributed by atoms with Crippen LogP contribution in [0, 0.1) is 0 Å². The minimum Gasteiger partial charge on any atom is -0.493 e. The van der Waals surface area contributed by atoms with Gasteiger partial charge in [0.05, 0.1) is 6.61 Å². The first-order chi connectivity index (χ1) is 8.33. The molecule has 2 rings (SSSR count). The number of hydrogen-bond acceptors (Lipinski definition) is 3. The normalized spacial score (nSPS) is 10.2. The molecule has 4 heteroatoms. The second-order valence-electron chi connectivity index (χ2n) is 3.57. The van der Waals surface area contributed by atoms with Gasteiger partial charge in [-0.25, -0.2) is 9.97 Å².